The van der Waals surface area contributed by atoms with Crippen LogP contribution in [0.1, 0.15) is 21.5 Å². The molecule has 0 bridgehead atoms. The average Bonchev–Trinajstić information content (AvgIpc) is 3.04. The van der Waals surface area contributed by atoms with Gasteiger partial charge in [-0.1, -0.05) is 36.1 Å². The highest BCUT2D eigenvalue weighted by atomic mass is 32.1. The zero-order chi connectivity index (χ0) is 20.2. The first-order valence-corrected chi connectivity index (χ1v) is 10.2. The maximum atomic E-state index is 12.7. The van der Waals surface area contributed by atoms with Crippen LogP contribution in [-0.2, 0) is 22.8 Å². The van der Waals surface area contributed by atoms with Crippen LogP contribution in [0.4, 0.5) is 0 Å². The van der Waals surface area contributed by atoms with Crippen molar-refractivity contribution >= 4 is 25.8 Å². The summed E-state index contributed by atoms with van der Waals surface area (Å²) in [7, 11) is -1.23. The van der Waals surface area contributed by atoms with Gasteiger partial charge in [-0.05, 0) is 47.4 Å². The molecule has 3 heterocycles. The highest BCUT2D eigenvalue weighted by Crippen LogP contribution is 2.17. The van der Waals surface area contributed by atoms with Crippen LogP contribution < -0.4 is 0 Å². The van der Waals surface area contributed by atoms with E-state index >= 15 is 0 Å². The van der Waals surface area contributed by atoms with E-state index in [1.807, 2.05) is 47.5 Å². The van der Waals surface area contributed by atoms with Crippen LogP contribution in [-0.4, -0.2) is 41.6 Å². The second kappa shape index (κ2) is 8.21. The minimum atomic E-state index is -1.23. The Labute approximate surface area is 170 Å². The van der Waals surface area contributed by atoms with Crippen LogP contribution in [0.5, 0.6) is 0 Å². The van der Waals surface area contributed by atoms with Crippen molar-refractivity contribution in [3.8, 4) is 11.8 Å². The molecule has 2 aliphatic heterocycles. The third kappa shape index (κ3) is 4.31. The van der Waals surface area contributed by atoms with Crippen LogP contribution in [0.2, 0.25) is 0 Å². The maximum absolute atomic E-state index is 12.7. The molecule has 1 aromatic carbocycles. The standard InChI is InChI=1S/C23H18N2O3S/c26-23(27)20-9-6-17(7-10-20)13-19-8-11-22-25(15-19)16-21(29(22)28)5-1-3-18-4-2-12-24-14-18/h2,4,6-12,14-15H,3,13,16H2,(H,26,27). The topological polar surface area (TPSA) is 70.5 Å². The minimum Gasteiger partial charge on any atom is -0.478 e. The summed E-state index contributed by atoms with van der Waals surface area (Å²) in [6, 6.07) is 10.7. The number of fused-ring (bicyclic) bond motifs is 1. The normalized spacial score (nSPS) is 15.0. The number of aromatic carboxylic acids is 1. The lowest BCUT2D eigenvalue weighted by molar-refractivity contribution is 0.0697. The molecule has 2 aliphatic rings. The van der Waals surface area contributed by atoms with Gasteiger partial charge in [-0.2, -0.15) is 0 Å². The van der Waals surface area contributed by atoms with Gasteiger partial charge in [0.25, 0.3) is 0 Å². The summed E-state index contributed by atoms with van der Waals surface area (Å²) < 4.78 is 12.7. The molecule has 6 heteroatoms. The highest BCUT2D eigenvalue weighted by molar-refractivity contribution is 7.86. The second-order valence-electron chi connectivity index (χ2n) is 6.71. The van der Waals surface area contributed by atoms with Gasteiger partial charge in [0, 0.05) is 35.0 Å². The van der Waals surface area contributed by atoms with Crippen LogP contribution in [0.15, 0.2) is 72.7 Å². The number of carbonyl (C=O) groups is 1. The lowest BCUT2D eigenvalue weighted by atomic mass is 10.0. The van der Waals surface area contributed by atoms with Gasteiger partial charge in [0.2, 0.25) is 0 Å². The molecular formula is C23H18N2O3S. The Bertz CT molecular complexity index is 1230. The smallest absolute Gasteiger partial charge is 0.335 e. The van der Waals surface area contributed by atoms with Crippen LogP contribution in [0.3, 0.4) is 0 Å². The quantitative estimate of drug-likeness (QED) is 0.628. The zero-order valence-electron chi connectivity index (χ0n) is 15.5. The van der Waals surface area contributed by atoms with Crippen molar-refractivity contribution in [2.24, 2.45) is 0 Å². The van der Waals surface area contributed by atoms with E-state index in [1.165, 1.54) is 0 Å². The third-order valence-electron chi connectivity index (χ3n) is 4.62. The molecule has 0 saturated heterocycles. The highest BCUT2D eigenvalue weighted by Gasteiger charge is 2.20. The van der Waals surface area contributed by atoms with Gasteiger partial charge in [0.1, 0.15) is 9.85 Å². The fraction of sp³-hybridized carbons (Fsp3) is 0.130. The molecule has 0 unspecified atom stereocenters. The van der Waals surface area contributed by atoms with Crippen LogP contribution in [0, 0.1) is 11.8 Å². The summed E-state index contributed by atoms with van der Waals surface area (Å²) in [5.41, 5.74) is 3.40. The van der Waals surface area contributed by atoms with Crippen molar-refractivity contribution in [2.75, 3.05) is 6.54 Å². The van der Waals surface area contributed by atoms with Gasteiger partial charge in [0.05, 0.1) is 12.1 Å². The Morgan fingerprint density at radius 3 is 2.72 bits per heavy atom. The minimum absolute atomic E-state index is 0.275. The number of nitrogens with zero attached hydrogens (tertiary/aromatic N) is 2. The van der Waals surface area contributed by atoms with Gasteiger partial charge in [-0.15, -0.1) is 0 Å². The van der Waals surface area contributed by atoms with E-state index in [0.29, 0.717) is 24.3 Å². The van der Waals surface area contributed by atoms with Gasteiger partial charge in [-0.25, -0.2) is 9.00 Å². The number of carboxylic acid groups (broad SMARTS) is 1. The van der Waals surface area contributed by atoms with Crippen molar-refractivity contribution in [3.05, 3.63) is 89.4 Å². The third-order valence-corrected chi connectivity index (χ3v) is 6.05. The Balaban J connectivity index is 1.45. The van der Waals surface area contributed by atoms with Gasteiger partial charge in [0.15, 0.2) is 0 Å². The molecular weight excluding hydrogens is 384 g/mol. The monoisotopic (exact) mass is 402 g/mol. The Morgan fingerprint density at radius 2 is 2.00 bits per heavy atom. The number of allylic oxidation sites excluding steroid dienone is 2. The Kier molecular flexibility index (Phi) is 5.32. The number of pyridine rings is 1. The molecule has 0 aliphatic carbocycles. The van der Waals surface area contributed by atoms with Gasteiger partial charge >= 0.3 is 5.97 Å². The van der Waals surface area contributed by atoms with E-state index in [-0.39, 0.29) is 5.56 Å². The zero-order valence-corrected chi connectivity index (χ0v) is 16.4. The molecule has 0 atom stereocenters. The lowest BCUT2D eigenvalue weighted by Gasteiger charge is -2.20. The van der Waals surface area contributed by atoms with E-state index in [9.17, 15) is 9.00 Å². The molecule has 0 amide bonds. The number of hydrogen-bond acceptors (Lipinski definition) is 4. The molecule has 0 spiro atoms. The molecule has 0 saturated carbocycles. The summed E-state index contributed by atoms with van der Waals surface area (Å²) in [6.45, 7) is 0.522. The van der Waals surface area contributed by atoms with E-state index < -0.39 is 15.9 Å². The first-order chi connectivity index (χ1) is 14.1. The molecule has 29 heavy (non-hydrogen) atoms. The predicted octanol–water partition coefficient (Wildman–Crippen LogP) is 2.39. The van der Waals surface area contributed by atoms with Crippen molar-refractivity contribution in [1.82, 2.24) is 9.88 Å². The molecule has 144 valence electrons. The summed E-state index contributed by atoms with van der Waals surface area (Å²) >= 11 is 0. The number of aromatic nitrogens is 1. The number of hydrogen-bond donors (Lipinski definition) is 1. The fourth-order valence-electron chi connectivity index (χ4n) is 3.15. The van der Waals surface area contributed by atoms with Crippen molar-refractivity contribution in [3.63, 3.8) is 0 Å². The van der Waals surface area contributed by atoms with Gasteiger partial charge < -0.3 is 10.0 Å². The fourth-order valence-corrected chi connectivity index (χ4v) is 4.35. The van der Waals surface area contributed by atoms with E-state index in [4.69, 9.17) is 5.11 Å². The molecule has 0 fully saturated rings. The van der Waals surface area contributed by atoms with Gasteiger partial charge in [-0.3, -0.25) is 4.98 Å². The van der Waals surface area contributed by atoms with E-state index in [2.05, 4.69) is 16.8 Å². The molecule has 1 aromatic heterocycles. The molecule has 2 aromatic rings. The van der Waals surface area contributed by atoms with Crippen molar-refractivity contribution in [1.29, 1.82) is 0 Å². The van der Waals surface area contributed by atoms with E-state index in [1.54, 1.807) is 24.5 Å². The number of benzene rings is 1. The first-order valence-electron chi connectivity index (χ1n) is 9.10. The molecule has 1 N–H and O–H groups in total. The summed E-state index contributed by atoms with van der Waals surface area (Å²) in [6.07, 6.45) is 10.6. The maximum Gasteiger partial charge on any atom is 0.335 e. The number of rotatable bonds is 4. The summed E-state index contributed by atoms with van der Waals surface area (Å²) in [5.74, 6) is 5.24. The van der Waals surface area contributed by atoms with E-state index in [0.717, 1.165) is 21.7 Å². The van der Waals surface area contributed by atoms with Crippen molar-refractivity contribution in [2.45, 2.75) is 12.8 Å². The SMILES string of the molecule is O=C(O)c1ccc(CC2=CN3CC(C#CCc4cccnc4)=S(=O)=C3C=C2)cc1. The van der Waals surface area contributed by atoms with Crippen LogP contribution >= 0.6 is 0 Å². The predicted molar refractivity (Wildman–Crippen MR) is 115 cm³/mol. The molecule has 0 radical (unpaired) electrons. The Hall–Kier alpha value is -3.56. The Morgan fingerprint density at radius 1 is 1.17 bits per heavy atom. The molecule has 5 nitrogen and oxygen atoms in total. The molecule has 4 rings (SSSR count). The first kappa shape index (κ1) is 18.8. The summed E-state index contributed by atoms with van der Waals surface area (Å²) in [5, 5.41) is 9.00. The van der Waals surface area contributed by atoms with Crippen LogP contribution in [0.25, 0.3) is 0 Å². The lowest BCUT2D eigenvalue weighted by Crippen LogP contribution is -2.26. The largest absolute Gasteiger partial charge is 0.478 e. The summed E-state index contributed by atoms with van der Waals surface area (Å²) in [4.78, 5) is 18.5. The average molecular weight is 402 g/mol. The van der Waals surface area contributed by atoms with Crippen molar-refractivity contribution < 1.29 is 14.1 Å². The second-order valence-corrected chi connectivity index (χ2v) is 8.16. The number of carboxylic acids is 1.